The van der Waals surface area contributed by atoms with E-state index in [4.69, 9.17) is 10.5 Å². The van der Waals surface area contributed by atoms with Crippen molar-refractivity contribution in [3.8, 4) is 11.5 Å². The van der Waals surface area contributed by atoms with Crippen LogP contribution < -0.4 is 25.8 Å². The topological polar surface area (TPSA) is 140 Å². The molecule has 3 aromatic carbocycles. The number of ether oxygens (including phenoxy) is 1. The van der Waals surface area contributed by atoms with Gasteiger partial charge in [-0.15, -0.1) is 0 Å². The first-order valence-corrected chi connectivity index (χ1v) is 13.7. The number of amides is 2. The molecule has 1 aliphatic heterocycles. The molecule has 200 valence electrons. The summed E-state index contributed by atoms with van der Waals surface area (Å²) < 4.78 is 48.9. The number of hydrogen-bond acceptors (Lipinski definition) is 6. The number of piperidine rings is 1. The van der Waals surface area contributed by atoms with Crippen LogP contribution in [0, 0.1) is 11.7 Å². The van der Waals surface area contributed by atoms with E-state index in [0.29, 0.717) is 12.3 Å². The molecule has 0 bridgehead atoms. The largest absolute Gasteiger partial charge is 0.455 e. The molecule has 3 aromatic rings. The number of sulfonamides is 1. The fraction of sp³-hybridized carbons (Fsp3) is 0.259. The lowest BCUT2D eigenvalue weighted by atomic mass is 9.98. The molecule has 0 saturated carbocycles. The highest BCUT2D eigenvalue weighted by atomic mass is 32.2. The van der Waals surface area contributed by atoms with Gasteiger partial charge in [-0.2, -0.15) is 0 Å². The number of carbonyl (C=O) groups is 2. The molecule has 1 fully saturated rings. The van der Waals surface area contributed by atoms with Crippen molar-refractivity contribution in [3.63, 3.8) is 0 Å². The van der Waals surface area contributed by atoms with E-state index in [-0.39, 0.29) is 28.5 Å². The van der Waals surface area contributed by atoms with E-state index in [1.807, 2.05) is 0 Å². The van der Waals surface area contributed by atoms with Crippen molar-refractivity contribution in [1.29, 1.82) is 0 Å². The van der Waals surface area contributed by atoms with Crippen molar-refractivity contribution in [2.75, 3.05) is 24.4 Å². The Labute approximate surface area is 220 Å². The average molecular weight is 541 g/mol. The van der Waals surface area contributed by atoms with E-state index in [0.717, 1.165) is 25.9 Å². The third kappa shape index (κ3) is 6.87. The fourth-order valence-corrected chi connectivity index (χ4v) is 5.67. The molecule has 5 N–H and O–H groups in total. The van der Waals surface area contributed by atoms with Crippen molar-refractivity contribution in [2.24, 2.45) is 11.7 Å². The third-order valence-corrected chi connectivity index (χ3v) is 7.86. The molecule has 1 unspecified atom stereocenters. The van der Waals surface area contributed by atoms with E-state index in [9.17, 15) is 22.4 Å². The van der Waals surface area contributed by atoms with Gasteiger partial charge in [0.05, 0.1) is 5.69 Å². The zero-order chi connectivity index (χ0) is 27.1. The van der Waals surface area contributed by atoms with Crippen LogP contribution in [0.15, 0.2) is 72.8 Å². The summed E-state index contributed by atoms with van der Waals surface area (Å²) in [6, 6.07) is 17.1. The number of carbonyl (C=O) groups excluding carboxylic acids is 2. The lowest BCUT2D eigenvalue weighted by molar-refractivity contribution is -0.121. The zero-order valence-corrected chi connectivity index (χ0v) is 21.3. The normalized spacial score (nSPS) is 14.9. The van der Waals surface area contributed by atoms with Crippen molar-refractivity contribution in [2.45, 2.75) is 18.1 Å². The molecule has 0 radical (unpaired) electrons. The Kier molecular flexibility index (Phi) is 8.59. The monoisotopic (exact) mass is 540 g/mol. The second kappa shape index (κ2) is 12.1. The van der Waals surface area contributed by atoms with Gasteiger partial charge in [-0.05, 0) is 85.9 Å². The summed E-state index contributed by atoms with van der Waals surface area (Å²) in [5.41, 5.74) is 5.77. The molecule has 2 amide bonds. The number of primary amides is 1. The third-order valence-electron chi connectivity index (χ3n) is 6.25. The van der Waals surface area contributed by atoms with Crippen molar-refractivity contribution >= 4 is 27.5 Å². The highest BCUT2D eigenvalue weighted by molar-refractivity contribution is 7.93. The lowest BCUT2D eigenvalue weighted by Gasteiger charge is -2.25. The van der Waals surface area contributed by atoms with Crippen LogP contribution in [-0.4, -0.2) is 39.9 Å². The van der Waals surface area contributed by atoms with Gasteiger partial charge < -0.3 is 21.1 Å². The Morgan fingerprint density at radius 1 is 1.00 bits per heavy atom. The number of anilines is 1. The summed E-state index contributed by atoms with van der Waals surface area (Å²) in [5, 5.41) is 4.43. The lowest BCUT2D eigenvalue weighted by Crippen LogP contribution is -2.40. The number of hydrogen-bond donors (Lipinski definition) is 4. The Hall–Kier alpha value is -3.96. The van der Waals surface area contributed by atoms with Gasteiger partial charge in [0.2, 0.25) is 21.8 Å². The molecule has 1 atom stereocenters. The molecule has 1 heterocycles. The summed E-state index contributed by atoms with van der Waals surface area (Å²) in [6.45, 7) is 2.02. The number of halogens is 1. The van der Waals surface area contributed by atoms with E-state index >= 15 is 0 Å². The average Bonchev–Trinajstić information content (AvgIpc) is 2.90. The molecular formula is C27H29FN4O5S. The van der Waals surface area contributed by atoms with Gasteiger partial charge in [-0.3, -0.25) is 14.3 Å². The number of rotatable bonds is 10. The quantitative estimate of drug-likeness (QED) is 0.311. The molecule has 0 aromatic heterocycles. The maximum atomic E-state index is 13.7. The number of benzene rings is 3. The summed E-state index contributed by atoms with van der Waals surface area (Å²) in [5.74, 6) is -1.10. The van der Waals surface area contributed by atoms with Crippen LogP contribution in [0.1, 0.15) is 34.0 Å². The summed E-state index contributed by atoms with van der Waals surface area (Å²) in [6.07, 6.45) is 1.74. The maximum absolute atomic E-state index is 13.7. The van der Waals surface area contributed by atoms with Crippen LogP contribution >= 0.6 is 0 Å². The Balaban J connectivity index is 1.61. The van der Waals surface area contributed by atoms with Crippen LogP contribution in [0.3, 0.4) is 0 Å². The predicted molar refractivity (Wildman–Crippen MR) is 142 cm³/mol. The molecular weight excluding hydrogens is 511 g/mol. The molecule has 4 rings (SSSR count). The smallest absolute Gasteiger partial charge is 0.249 e. The fourth-order valence-electron chi connectivity index (χ4n) is 4.20. The van der Waals surface area contributed by atoms with Gasteiger partial charge in [0.15, 0.2) is 11.0 Å². The van der Waals surface area contributed by atoms with E-state index in [2.05, 4.69) is 15.4 Å². The standard InChI is InChI=1S/C27H29FN4O5S/c28-21-9-11-22(12-10-21)37-24-4-2-1-3-23(24)32-38(35,36)25(19-5-7-20(8-6-19)26(29)33)27(34)31-17-18-13-15-30-16-14-18/h1-12,18,25,30,32H,13-17H2,(H2,29,33)(H,31,34). The number of nitrogens with one attached hydrogen (secondary N) is 3. The van der Waals surface area contributed by atoms with Crippen LogP contribution in [0.5, 0.6) is 11.5 Å². The molecule has 38 heavy (non-hydrogen) atoms. The van der Waals surface area contributed by atoms with Crippen LogP contribution in [0.25, 0.3) is 0 Å². The van der Waals surface area contributed by atoms with Crippen molar-refractivity contribution in [1.82, 2.24) is 10.6 Å². The Bertz CT molecular complexity index is 1380. The predicted octanol–water partition coefficient (Wildman–Crippen LogP) is 3.32. The first kappa shape index (κ1) is 27.1. The van der Waals surface area contributed by atoms with Crippen LogP contribution in [-0.2, 0) is 14.8 Å². The molecule has 0 spiro atoms. The second-order valence-electron chi connectivity index (χ2n) is 9.00. The molecule has 9 nitrogen and oxygen atoms in total. The highest BCUT2D eigenvalue weighted by Crippen LogP contribution is 2.33. The van der Waals surface area contributed by atoms with Gasteiger partial charge in [0.25, 0.3) is 0 Å². The summed E-state index contributed by atoms with van der Waals surface area (Å²) in [4.78, 5) is 24.9. The zero-order valence-electron chi connectivity index (χ0n) is 20.5. The van der Waals surface area contributed by atoms with Crippen molar-refractivity contribution < 1.29 is 27.1 Å². The van der Waals surface area contributed by atoms with Gasteiger partial charge in [-0.25, -0.2) is 12.8 Å². The van der Waals surface area contributed by atoms with Crippen LogP contribution in [0.4, 0.5) is 10.1 Å². The first-order valence-electron chi connectivity index (χ1n) is 12.2. The van der Waals surface area contributed by atoms with Crippen LogP contribution in [0.2, 0.25) is 0 Å². The summed E-state index contributed by atoms with van der Waals surface area (Å²) >= 11 is 0. The number of nitrogens with two attached hydrogens (primary N) is 1. The SMILES string of the molecule is NC(=O)c1ccc(C(C(=O)NCC2CCNCC2)S(=O)(=O)Nc2ccccc2Oc2ccc(F)cc2)cc1. The van der Waals surface area contributed by atoms with E-state index in [1.165, 1.54) is 54.6 Å². The highest BCUT2D eigenvalue weighted by Gasteiger charge is 2.35. The molecule has 0 aliphatic carbocycles. The van der Waals surface area contributed by atoms with E-state index in [1.54, 1.807) is 18.2 Å². The Morgan fingerprint density at radius 2 is 1.66 bits per heavy atom. The van der Waals surface area contributed by atoms with Crippen molar-refractivity contribution in [3.05, 3.63) is 89.7 Å². The maximum Gasteiger partial charge on any atom is 0.249 e. The van der Waals surface area contributed by atoms with E-state index < -0.39 is 32.9 Å². The minimum Gasteiger partial charge on any atom is -0.455 e. The van der Waals surface area contributed by atoms with Gasteiger partial charge in [-0.1, -0.05) is 24.3 Å². The first-order chi connectivity index (χ1) is 18.2. The van der Waals surface area contributed by atoms with Gasteiger partial charge in [0, 0.05) is 12.1 Å². The second-order valence-corrected chi connectivity index (χ2v) is 10.8. The van der Waals surface area contributed by atoms with Gasteiger partial charge in [0.1, 0.15) is 11.6 Å². The minimum atomic E-state index is -4.37. The molecule has 1 aliphatic rings. The Morgan fingerprint density at radius 3 is 2.32 bits per heavy atom. The summed E-state index contributed by atoms with van der Waals surface area (Å²) in [7, 11) is -4.37. The molecule has 11 heteroatoms. The minimum absolute atomic E-state index is 0.0988. The van der Waals surface area contributed by atoms with Gasteiger partial charge >= 0.3 is 0 Å². The molecule has 1 saturated heterocycles. The number of para-hydroxylation sites is 2.